The molecule has 0 saturated heterocycles. The largest absolute Gasteiger partial charge is 0.456 e. The molecule has 3 aromatic rings. The molecule has 0 unspecified atom stereocenters. The van der Waals surface area contributed by atoms with Crippen LogP contribution in [0.5, 0.6) is 0 Å². The first-order valence-corrected chi connectivity index (χ1v) is 8.36. The molecule has 0 aliphatic rings. The van der Waals surface area contributed by atoms with E-state index >= 15 is 0 Å². The molecule has 0 spiro atoms. The average Bonchev–Trinajstić information content (AvgIpc) is 3.05. The first-order valence-electron chi connectivity index (χ1n) is 7.57. The number of rotatable bonds is 5. The summed E-state index contributed by atoms with van der Waals surface area (Å²) >= 11 is 3.38. The van der Waals surface area contributed by atoms with E-state index in [1.807, 2.05) is 54.6 Å². The predicted octanol–water partition coefficient (Wildman–Crippen LogP) is 3.49. The molecule has 0 amide bonds. The second-order valence-corrected chi connectivity index (χ2v) is 6.20. The molecule has 1 aromatic heterocycles. The Labute approximate surface area is 153 Å². The molecular weight excluding hydrogens is 384 g/mol. The lowest BCUT2D eigenvalue weighted by Crippen LogP contribution is -2.15. The summed E-state index contributed by atoms with van der Waals surface area (Å²) in [5, 5.41) is 11.3. The van der Waals surface area contributed by atoms with E-state index < -0.39 is 5.97 Å². The highest BCUT2D eigenvalue weighted by atomic mass is 79.9. The zero-order chi connectivity index (χ0) is 17.6. The number of carbonyl (C=O) groups is 1. The van der Waals surface area contributed by atoms with Gasteiger partial charge in [-0.3, -0.25) is 0 Å². The zero-order valence-electron chi connectivity index (χ0n) is 13.5. The number of nitrogens with zero attached hydrogens (tertiary/aromatic N) is 4. The first kappa shape index (κ1) is 17.0. The summed E-state index contributed by atoms with van der Waals surface area (Å²) in [6.07, 6.45) is 1.70. The van der Waals surface area contributed by atoms with E-state index in [0.29, 0.717) is 5.82 Å². The number of aromatic nitrogens is 4. The number of halogens is 1. The number of esters is 1. The van der Waals surface area contributed by atoms with Crippen LogP contribution in [0.2, 0.25) is 0 Å². The number of ether oxygens (including phenoxy) is 1. The molecule has 25 heavy (non-hydrogen) atoms. The lowest BCUT2D eigenvalue weighted by Gasteiger charge is -2.09. The minimum absolute atomic E-state index is 0.166. The van der Waals surface area contributed by atoms with Crippen LogP contribution in [0.15, 0.2) is 59.1 Å². The number of hydrogen-bond donors (Lipinski definition) is 0. The first-order chi connectivity index (χ1) is 12.1. The maximum atomic E-state index is 12.6. The van der Waals surface area contributed by atoms with E-state index in [0.717, 1.165) is 15.6 Å². The quantitative estimate of drug-likeness (QED) is 0.485. The Bertz CT molecular complexity index is 889. The summed E-state index contributed by atoms with van der Waals surface area (Å²) in [6.45, 7) is 1.89. The fraction of sp³-hybridized carbons (Fsp3) is 0.111. The van der Waals surface area contributed by atoms with E-state index in [4.69, 9.17) is 4.74 Å². The Morgan fingerprint density at radius 3 is 2.52 bits per heavy atom. The lowest BCUT2D eigenvalue weighted by atomic mass is 10.2. The van der Waals surface area contributed by atoms with Crippen molar-refractivity contribution in [3.05, 3.63) is 76.0 Å². The Balaban J connectivity index is 1.84. The number of benzene rings is 2. The van der Waals surface area contributed by atoms with Gasteiger partial charge in [-0.1, -0.05) is 58.4 Å². The second-order valence-electron chi connectivity index (χ2n) is 5.28. The summed E-state index contributed by atoms with van der Waals surface area (Å²) in [5.74, 6) is 0.00458. The van der Waals surface area contributed by atoms with Crippen molar-refractivity contribution < 1.29 is 9.53 Å². The van der Waals surface area contributed by atoms with Crippen LogP contribution < -0.4 is 0 Å². The van der Waals surface area contributed by atoms with E-state index in [1.165, 1.54) is 4.68 Å². The van der Waals surface area contributed by atoms with Crippen LogP contribution in [0.4, 0.5) is 0 Å². The molecule has 2 aromatic carbocycles. The number of carbonyl (C=O) groups excluding carboxylic acids is 1. The molecule has 126 valence electrons. The minimum atomic E-state index is -0.498. The van der Waals surface area contributed by atoms with Crippen molar-refractivity contribution in [2.24, 2.45) is 0 Å². The summed E-state index contributed by atoms with van der Waals surface area (Å²) in [4.78, 5) is 12.6. The van der Waals surface area contributed by atoms with Crippen molar-refractivity contribution in [3.8, 4) is 0 Å². The third-order valence-corrected chi connectivity index (χ3v) is 3.98. The van der Waals surface area contributed by atoms with Crippen LogP contribution in [-0.4, -0.2) is 26.2 Å². The van der Waals surface area contributed by atoms with Crippen molar-refractivity contribution in [2.45, 2.75) is 13.5 Å². The van der Waals surface area contributed by atoms with Gasteiger partial charge in [0.15, 0.2) is 11.5 Å². The van der Waals surface area contributed by atoms with Crippen LogP contribution in [0, 0.1) is 6.92 Å². The van der Waals surface area contributed by atoms with Gasteiger partial charge >= 0.3 is 5.97 Å². The van der Waals surface area contributed by atoms with E-state index in [9.17, 15) is 4.79 Å². The Kier molecular flexibility index (Phi) is 5.35. The Morgan fingerprint density at radius 1 is 1.16 bits per heavy atom. The van der Waals surface area contributed by atoms with Gasteiger partial charge in [-0.25, -0.2) is 4.79 Å². The van der Waals surface area contributed by atoms with Gasteiger partial charge in [0.2, 0.25) is 0 Å². The minimum Gasteiger partial charge on any atom is -0.456 e. The van der Waals surface area contributed by atoms with Crippen molar-refractivity contribution in [3.63, 3.8) is 0 Å². The van der Waals surface area contributed by atoms with Crippen LogP contribution >= 0.6 is 15.9 Å². The molecule has 6 nitrogen and oxygen atoms in total. The third kappa shape index (κ3) is 4.39. The van der Waals surface area contributed by atoms with Gasteiger partial charge in [0, 0.05) is 4.47 Å². The van der Waals surface area contributed by atoms with Gasteiger partial charge in [0.25, 0.3) is 0 Å². The van der Waals surface area contributed by atoms with E-state index in [2.05, 4.69) is 31.5 Å². The third-order valence-electron chi connectivity index (χ3n) is 3.45. The van der Waals surface area contributed by atoms with E-state index in [1.54, 1.807) is 13.0 Å². The zero-order valence-corrected chi connectivity index (χ0v) is 15.0. The molecule has 1 heterocycles. The van der Waals surface area contributed by atoms with Gasteiger partial charge in [-0.05, 0) is 46.7 Å². The normalized spacial score (nSPS) is 11.4. The summed E-state index contributed by atoms with van der Waals surface area (Å²) < 4.78 is 7.78. The van der Waals surface area contributed by atoms with Crippen LogP contribution in [0.25, 0.3) is 11.8 Å². The van der Waals surface area contributed by atoms with Crippen molar-refractivity contribution in [2.75, 3.05) is 0 Å². The number of hydrogen-bond acceptors (Lipinski definition) is 5. The van der Waals surface area contributed by atoms with Gasteiger partial charge in [-0.2, -0.15) is 4.68 Å². The lowest BCUT2D eigenvalue weighted by molar-refractivity contribution is -0.138. The van der Waals surface area contributed by atoms with Crippen molar-refractivity contribution in [1.82, 2.24) is 20.2 Å². The summed E-state index contributed by atoms with van der Waals surface area (Å²) in [6, 6.07) is 17.0. The maximum absolute atomic E-state index is 12.6. The number of tetrazole rings is 1. The second kappa shape index (κ2) is 7.85. The van der Waals surface area contributed by atoms with Crippen LogP contribution in [0.1, 0.15) is 17.0 Å². The highest BCUT2D eigenvalue weighted by Crippen LogP contribution is 2.16. The highest BCUT2D eigenvalue weighted by molar-refractivity contribution is 9.10. The highest BCUT2D eigenvalue weighted by Gasteiger charge is 2.17. The molecule has 7 heteroatoms. The monoisotopic (exact) mass is 398 g/mol. The summed E-state index contributed by atoms with van der Waals surface area (Å²) in [7, 11) is 0. The van der Waals surface area contributed by atoms with Gasteiger partial charge < -0.3 is 4.74 Å². The molecule has 0 aliphatic carbocycles. The van der Waals surface area contributed by atoms with E-state index in [-0.39, 0.29) is 12.3 Å². The fourth-order valence-electron chi connectivity index (χ4n) is 2.17. The molecule has 0 N–H and O–H groups in total. The maximum Gasteiger partial charge on any atom is 0.357 e. The van der Waals surface area contributed by atoms with Crippen molar-refractivity contribution in [1.29, 1.82) is 0 Å². The SMILES string of the molecule is Cc1nnnn1/C(=C\c1ccccc1)C(=O)OCc1ccc(Br)cc1. The molecule has 0 bridgehead atoms. The summed E-state index contributed by atoms with van der Waals surface area (Å²) in [5.41, 5.74) is 2.00. The Morgan fingerprint density at radius 2 is 1.88 bits per heavy atom. The topological polar surface area (TPSA) is 69.9 Å². The molecule has 0 fully saturated rings. The molecule has 3 rings (SSSR count). The molecule has 0 radical (unpaired) electrons. The molecule has 0 atom stereocenters. The van der Waals surface area contributed by atoms with Gasteiger partial charge in [-0.15, -0.1) is 5.10 Å². The van der Waals surface area contributed by atoms with Gasteiger partial charge in [0.1, 0.15) is 6.61 Å². The molecule has 0 saturated carbocycles. The molecule has 0 aliphatic heterocycles. The Hall–Kier alpha value is -2.80. The van der Waals surface area contributed by atoms with Crippen LogP contribution in [0.3, 0.4) is 0 Å². The fourth-order valence-corrected chi connectivity index (χ4v) is 2.44. The smallest absolute Gasteiger partial charge is 0.357 e. The number of aryl methyl sites for hydroxylation is 1. The van der Waals surface area contributed by atoms with Crippen LogP contribution in [-0.2, 0) is 16.1 Å². The molecular formula is C18H15BrN4O2. The predicted molar refractivity (Wildman–Crippen MR) is 97.1 cm³/mol. The van der Waals surface area contributed by atoms with Gasteiger partial charge in [0.05, 0.1) is 0 Å². The van der Waals surface area contributed by atoms with Crippen molar-refractivity contribution >= 4 is 33.7 Å². The average molecular weight is 399 g/mol. The standard InChI is InChI=1S/C18H15BrN4O2/c1-13-20-21-22-23(13)17(11-14-5-3-2-4-6-14)18(24)25-12-15-7-9-16(19)10-8-15/h2-11H,12H2,1H3/b17-11-.